The zero-order valence-electron chi connectivity index (χ0n) is 14.2. The average Bonchev–Trinajstić information content (AvgIpc) is 2.42. The number of carbonyl (C=O) groups is 1. The van der Waals surface area contributed by atoms with Crippen LogP contribution < -0.4 is 20.7 Å². The number of alkyl halides is 2. The lowest BCUT2D eigenvalue weighted by atomic mass is 9.82. The van der Waals surface area contributed by atoms with Gasteiger partial charge in [0.15, 0.2) is 0 Å². The lowest BCUT2D eigenvalue weighted by molar-refractivity contribution is -0.0893. The van der Waals surface area contributed by atoms with E-state index >= 15 is 0 Å². The maximum Gasteiger partial charge on any atom is 0.387 e. The number of rotatable bonds is 8. The maximum atomic E-state index is 12.6. The van der Waals surface area contributed by atoms with Gasteiger partial charge in [-0.15, -0.1) is 0 Å². The summed E-state index contributed by atoms with van der Waals surface area (Å²) < 4.78 is 40.1. The molecule has 0 fully saturated rings. The average molecular weight is 344 g/mol. The first-order chi connectivity index (χ1) is 10.9. The second-order valence-electron chi connectivity index (χ2n) is 6.14. The molecule has 1 rings (SSSR count). The molecule has 0 bridgehead atoms. The summed E-state index contributed by atoms with van der Waals surface area (Å²) in [5, 5.41) is 10.1. The highest BCUT2D eigenvalue weighted by molar-refractivity contribution is 6.47. The third-order valence-corrected chi connectivity index (χ3v) is 3.73. The molecular formula is C15H21BF2NO5. The van der Waals surface area contributed by atoms with Crippen LogP contribution in [0.3, 0.4) is 0 Å². The number of halogens is 2. The number of aliphatic hydroxyl groups is 1. The van der Waals surface area contributed by atoms with Crippen LogP contribution in [0.4, 0.5) is 8.78 Å². The summed E-state index contributed by atoms with van der Waals surface area (Å²) in [7, 11) is 2.52. The van der Waals surface area contributed by atoms with Gasteiger partial charge in [-0.2, -0.15) is 8.78 Å². The van der Waals surface area contributed by atoms with Crippen molar-refractivity contribution < 1.29 is 32.8 Å². The Morgan fingerprint density at radius 3 is 2.21 bits per heavy atom. The van der Waals surface area contributed by atoms with E-state index in [0.717, 1.165) is 0 Å². The molecule has 1 amide bonds. The molecule has 0 unspecified atom stereocenters. The van der Waals surface area contributed by atoms with Crippen molar-refractivity contribution >= 4 is 18.9 Å². The molecule has 0 aliphatic rings. The van der Waals surface area contributed by atoms with Gasteiger partial charge in [-0.3, -0.25) is 4.79 Å². The van der Waals surface area contributed by atoms with Gasteiger partial charge in [-0.05, 0) is 45.3 Å². The lowest BCUT2D eigenvalue weighted by Gasteiger charge is -2.37. The van der Waals surface area contributed by atoms with Gasteiger partial charge in [0, 0.05) is 0 Å². The Bertz CT molecular complexity index is 602. The Labute approximate surface area is 140 Å². The number of amides is 1. The van der Waals surface area contributed by atoms with E-state index in [1.807, 2.05) is 0 Å². The minimum absolute atomic E-state index is 0.0310. The lowest BCUT2D eigenvalue weighted by Crippen LogP contribution is -2.49. The van der Waals surface area contributed by atoms with Crippen LogP contribution in [-0.4, -0.2) is 43.4 Å². The van der Waals surface area contributed by atoms with E-state index in [4.69, 9.17) is 15.1 Å². The zero-order chi connectivity index (χ0) is 18.7. The van der Waals surface area contributed by atoms with Crippen LogP contribution in [-0.2, 0) is 4.65 Å². The molecule has 133 valence electrons. The van der Waals surface area contributed by atoms with Crippen molar-refractivity contribution in [3.63, 3.8) is 0 Å². The molecule has 0 saturated heterocycles. The van der Waals surface area contributed by atoms with Crippen LogP contribution in [0.5, 0.6) is 11.5 Å². The number of benzene rings is 1. The largest absolute Gasteiger partial charge is 0.496 e. The number of ether oxygens (including phenoxy) is 2. The molecule has 0 aliphatic heterocycles. The van der Waals surface area contributed by atoms with Gasteiger partial charge in [0.05, 0.1) is 18.3 Å². The minimum Gasteiger partial charge on any atom is -0.496 e. The van der Waals surface area contributed by atoms with Crippen molar-refractivity contribution in [3.8, 4) is 11.5 Å². The molecule has 0 atom stereocenters. The molecule has 6 nitrogen and oxygen atoms in total. The molecule has 24 heavy (non-hydrogen) atoms. The molecule has 1 aromatic rings. The summed E-state index contributed by atoms with van der Waals surface area (Å²) in [6.07, 6.45) is 0. The fraction of sp³-hybridized carbons (Fsp3) is 0.533. The molecule has 0 aliphatic carbocycles. The topological polar surface area (TPSA) is 91.0 Å². The van der Waals surface area contributed by atoms with Crippen molar-refractivity contribution in [2.75, 3.05) is 7.11 Å². The van der Waals surface area contributed by atoms with Gasteiger partial charge in [-0.25, -0.2) is 0 Å². The highest BCUT2D eigenvalue weighted by Crippen LogP contribution is 2.29. The monoisotopic (exact) mass is 344 g/mol. The molecule has 1 aromatic carbocycles. The van der Waals surface area contributed by atoms with Gasteiger partial charge in [0.25, 0.3) is 5.91 Å². The molecule has 3 N–H and O–H groups in total. The standard InChI is InChI=1S/C15H21BF2NO5/c1-14(2,21)15(3,4)24-16-8-6-9(22-5)11(12(19)20)10(7-8)23-13(17)18/h6-7,13,21H,1-5H3,(H2,19,20). The first kappa shape index (κ1) is 20.2. The van der Waals surface area contributed by atoms with E-state index in [2.05, 4.69) is 4.74 Å². The summed E-state index contributed by atoms with van der Waals surface area (Å²) in [4.78, 5) is 11.5. The SMILES string of the molecule is COc1cc([B]OC(C)(C)C(C)(C)O)cc(OC(F)F)c1C(N)=O. The minimum atomic E-state index is -3.14. The first-order valence-corrected chi connectivity index (χ1v) is 7.09. The quantitative estimate of drug-likeness (QED) is 0.692. The van der Waals surface area contributed by atoms with E-state index in [1.54, 1.807) is 27.7 Å². The number of primary amides is 1. The first-order valence-electron chi connectivity index (χ1n) is 7.09. The molecule has 0 spiro atoms. The summed E-state index contributed by atoms with van der Waals surface area (Å²) >= 11 is 0. The predicted octanol–water partition coefficient (Wildman–Crippen LogP) is 1.21. The van der Waals surface area contributed by atoms with Crippen molar-refractivity contribution in [2.24, 2.45) is 5.73 Å². The smallest absolute Gasteiger partial charge is 0.387 e. The highest BCUT2D eigenvalue weighted by atomic mass is 19.3. The second-order valence-corrected chi connectivity index (χ2v) is 6.14. The molecule has 9 heteroatoms. The molecule has 1 radical (unpaired) electrons. The fourth-order valence-electron chi connectivity index (χ4n) is 1.63. The fourth-order valence-corrected chi connectivity index (χ4v) is 1.63. The van der Waals surface area contributed by atoms with Gasteiger partial charge < -0.3 is 25.0 Å². The van der Waals surface area contributed by atoms with Gasteiger partial charge in [0.2, 0.25) is 0 Å². The Kier molecular flexibility index (Phi) is 6.18. The second kappa shape index (κ2) is 7.35. The van der Waals surface area contributed by atoms with Crippen molar-refractivity contribution in [1.82, 2.24) is 0 Å². The Morgan fingerprint density at radius 1 is 1.25 bits per heavy atom. The summed E-state index contributed by atoms with van der Waals surface area (Å²) in [6, 6.07) is 2.56. The summed E-state index contributed by atoms with van der Waals surface area (Å²) in [5.41, 5.74) is 3.07. The number of hydrogen-bond donors (Lipinski definition) is 2. The van der Waals surface area contributed by atoms with E-state index < -0.39 is 29.5 Å². The number of carbonyl (C=O) groups excluding carboxylic acids is 1. The van der Waals surface area contributed by atoms with Crippen LogP contribution in [0.2, 0.25) is 0 Å². The van der Waals surface area contributed by atoms with Crippen molar-refractivity contribution in [3.05, 3.63) is 17.7 Å². The number of methoxy groups -OCH3 is 1. The van der Waals surface area contributed by atoms with Crippen LogP contribution in [0.25, 0.3) is 0 Å². The molecule has 0 saturated carbocycles. The Morgan fingerprint density at radius 2 is 1.79 bits per heavy atom. The molecule has 0 heterocycles. The highest BCUT2D eigenvalue weighted by Gasteiger charge is 2.36. The number of nitrogens with two attached hydrogens (primary N) is 1. The van der Waals surface area contributed by atoms with E-state index in [0.29, 0.717) is 5.46 Å². The Hall–Kier alpha value is -1.87. The van der Waals surface area contributed by atoms with Gasteiger partial charge in [0.1, 0.15) is 17.1 Å². The predicted molar refractivity (Wildman–Crippen MR) is 85.0 cm³/mol. The van der Waals surface area contributed by atoms with E-state index in [9.17, 15) is 18.7 Å². The number of hydrogen-bond acceptors (Lipinski definition) is 5. The van der Waals surface area contributed by atoms with Crippen LogP contribution >= 0.6 is 0 Å². The van der Waals surface area contributed by atoms with Gasteiger partial charge >= 0.3 is 14.1 Å². The van der Waals surface area contributed by atoms with Crippen LogP contribution in [0, 0.1) is 0 Å². The van der Waals surface area contributed by atoms with Crippen LogP contribution in [0.1, 0.15) is 38.1 Å². The van der Waals surface area contributed by atoms with Crippen molar-refractivity contribution in [1.29, 1.82) is 0 Å². The van der Waals surface area contributed by atoms with Crippen molar-refractivity contribution in [2.45, 2.75) is 45.5 Å². The third kappa shape index (κ3) is 4.81. The molecular weight excluding hydrogens is 323 g/mol. The summed E-state index contributed by atoms with van der Waals surface area (Å²) in [5.74, 6) is -1.42. The normalized spacial score (nSPS) is 12.2. The molecule has 0 aromatic heterocycles. The Balaban J connectivity index is 3.19. The van der Waals surface area contributed by atoms with E-state index in [-0.39, 0.29) is 11.3 Å². The summed E-state index contributed by atoms with van der Waals surface area (Å²) in [6.45, 7) is 3.33. The maximum absolute atomic E-state index is 12.6. The van der Waals surface area contributed by atoms with E-state index in [1.165, 1.54) is 26.7 Å². The third-order valence-electron chi connectivity index (χ3n) is 3.73. The van der Waals surface area contributed by atoms with Gasteiger partial charge in [-0.1, -0.05) is 0 Å². The van der Waals surface area contributed by atoms with Crippen LogP contribution in [0.15, 0.2) is 12.1 Å². The zero-order valence-corrected chi connectivity index (χ0v) is 14.2.